The Morgan fingerprint density at radius 3 is 2.86 bits per heavy atom. The lowest BCUT2D eigenvalue weighted by Gasteiger charge is -1.98. The largest absolute Gasteiger partial charge is 0.439 e. The van der Waals surface area contributed by atoms with Crippen molar-refractivity contribution in [2.24, 2.45) is 0 Å². The number of halogens is 2. The zero-order valence-corrected chi connectivity index (χ0v) is 9.09. The minimum absolute atomic E-state index is 0.374. The Labute approximate surface area is 92.0 Å². The highest BCUT2D eigenvalue weighted by Crippen LogP contribution is 2.27. The Morgan fingerprint density at radius 2 is 2.29 bits per heavy atom. The quantitative estimate of drug-likeness (QED) is 0.869. The average molecular weight is 275 g/mol. The number of hydrogen-bond donors (Lipinski definition) is 1. The van der Waals surface area contributed by atoms with E-state index in [2.05, 4.69) is 30.6 Å². The monoisotopic (exact) mass is 274 g/mol. The van der Waals surface area contributed by atoms with E-state index in [9.17, 15) is 4.79 Å². The first-order valence-electron chi connectivity index (χ1n) is 3.68. The summed E-state index contributed by atoms with van der Waals surface area (Å²) >= 11 is 9.07. The molecule has 72 valence electrons. The molecule has 0 unspecified atom stereocenters. The molecule has 0 fully saturated rings. The molecular formula is C8H4BrClN2O2. The SMILES string of the molecule is O=c1[nH]c(-c2ccc(Cl)cc2Br)no1. The van der Waals surface area contributed by atoms with Crippen LogP contribution < -0.4 is 5.76 Å². The summed E-state index contributed by atoms with van der Waals surface area (Å²) in [5.41, 5.74) is 0.722. The van der Waals surface area contributed by atoms with E-state index in [1.807, 2.05) is 0 Å². The van der Waals surface area contributed by atoms with E-state index in [0.29, 0.717) is 10.8 Å². The second kappa shape index (κ2) is 3.59. The fourth-order valence-electron chi connectivity index (χ4n) is 1.03. The Hall–Kier alpha value is -1.07. The lowest BCUT2D eigenvalue weighted by atomic mass is 10.2. The fourth-order valence-corrected chi connectivity index (χ4v) is 1.90. The molecule has 6 heteroatoms. The summed E-state index contributed by atoms with van der Waals surface area (Å²) in [6.07, 6.45) is 0. The van der Waals surface area contributed by atoms with E-state index < -0.39 is 5.76 Å². The van der Waals surface area contributed by atoms with Crippen molar-refractivity contribution in [2.45, 2.75) is 0 Å². The molecule has 0 atom stereocenters. The molecule has 0 saturated heterocycles. The van der Waals surface area contributed by atoms with Crippen molar-refractivity contribution in [1.29, 1.82) is 0 Å². The molecule has 2 aromatic rings. The summed E-state index contributed by atoms with van der Waals surface area (Å²) in [6, 6.07) is 5.15. The smallest absolute Gasteiger partial charge is 0.296 e. The van der Waals surface area contributed by atoms with Crippen molar-refractivity contribution < 1.29 is 4.52 Å². The molecule has 0 saturated carbocycles. The van der Waals surface area contributed by atoms with Crippen LogP contribution in [0.5, 0.6) is 0 Å². The average Bonchev–Trinajstić information content (AvgIpc) is 2.51. The predicted molar refractivity (Wildman–Crippen MR) is 55.3 cm³/mol. The van der Waals surface area contributed by atoms with Crippen molar-refractivity contribution >= 4 is 27.5 Å². The number of nitrogens with zero attached hydrogens (tertiary/aromatic N) is 1. The summed E-state index contributed by atoms with van der Waals surface area (Å²) in [4.78, 5) is 13.2. The van der Waals surface area contributed by atoms with Crippen LogP contribution in [0.3, 0.4) is 0 Å². The maximum atomic E-state index is 10.7. The molecule has 0 spiro atoms. The van der Waals surface area contributed by atoms with Crippen LogP contribution in [0, 0.1) is 0 Å². The standard InChI is InChI=1S/C8H4BrClN2O2/c9-6-3-4(10)1-2-5(6)7-11-8(13)14-12-7/h1-3H,(H,11,12,13). The maximum absolute atomic E-state index is 10.7. The molecule has 0 aliphatic carbocycles. The first-order chi connectivity index (χ1) is 6.66. The van der Waals surface area contributed by atoms with Gasteiger partial charge >= 0.3 is 5.76 Å². The van der Waals surface area contributed by atoms with Crippen LogP contribution in [0.25, 0.3) is 11.4 Å². The van der Waals surface area contributed by atoms with E-state index >= 15 is 0 Å². The van der Waals surface area contributed by atoms with Gasteiger partial charge in [-0.1, -0.05) is 16.8 Å². The van der Waals surface area contributed by atoms with Gasteiger partial charge in [0.15, 0.2) is 5.82 Å². The fraction of sp³-hybridized carbons (Fsp3) is 0. The van der Waals surface area contributed by atoms with Gasteiger partial charge in [0, 0.05) is 15.1 Å². The number of nitrogens with one attached hydrogen (secondary N) is 1. The van der Waals surface area contributed by atoms with Crippen molar-refractivity contribution in [3.05, 3.63) is 38.2 Å². The minimum Gasteiger partial charge on any atom is -0.296 e. The van der Waals surface area contributed by atoms with Crippen LogP contribution in [0.2, 0.25) is 5.02 Å². The van der Waals surface area contributed by atoms with Crippen molar-refractivity contribution in [1.82, 2.24) is 10.1 Å². The Bertz CT molecular complexity index is 520. The molecule has 4 nitrogen and oxygen atoms in total. The van der Waals surface area contributed by atoms with E-state index in [4.69, 9.17) is 11.6 Å². The summed E-state index contributed by atoms with van der Waals surface area (Å²) in [5.74, 6) is -0.208. The number of rotatable bonds is 1. The first-order valence-corrected chi connectivity index (χ1v) is 4.85. The van der Waals surface area contributed by atoms with E-state index in [1.165, 1.54) is 0 Å². The molecule has 0 amide bonds. The minimum atomic E-state index is -0.582. The topological polar surface area (TPSA) is 58.9 Å². The van der Waals surface area contributed by atoms with Gasteiger partial charge in [0.25, 0.3) is 0 Å². The van der Waals surface area contributed by atoms with Gasteiger partial charge in [-0.25, -0.2) is 4.79 Å². The second-order valence-corrected chi connectivity index (χ2v) is 3.86. The van der Waals surface area contributed by atoms with Gasteiger partial charge in [0.05, 0.1) is 0 Å². The molecule has 1 aromatic carbocycles. The maximum Gasteiger partial charge on any atom is 0.439 e. The van der Waals surface area contributed by atoms with Crippen LogP contribution in [-0.2, 0) is 0 Å². The predicted octanol–water partition coefficient (Wildman–Crippen LogP) is 2.45. The highest BCUT2D eigenvalue weighted by Gasteiger charge is 2.08. The molecule has 0 aliphatic rings. The number of H-pyrrole nitrogens is 1. The van der Waals surface area contributed by atoms with Gasteiger partial charge in [0.2, 0.25) is 0 Å². The summed E-state index contributed by atoms with van der Waals surface area (Å²) in [6.45, 7) is 0. The Balaban J connectivity index is 2.57. The van der Waals surface area contributed by atoms with Crippen LogP contribution in [0.15, 0.2) is 32.0 Å². The second-order valence-electron chi connectivity index (χ2n) is 2.57. The highest BCUT2D eigenvalue weighted by atomic mass is 79.9. The Kier molecular flexibility index (Phi) is 2.43. The zero-order valence-electron chi connectivity index (χ0n) is 6.75. The number of aromatic nitrogens is 2. The van der Waals surface area contributed by atoms with E-state index in [-0.39, 0.29) is 0 Å². The van der Waals surface area contributed by atoms with E-state index in [0.717, 1.165) is 10.0 Å². The lowest BCUT2D eigenvalue weighted by molar-refractivity contribution is 0.388. The third-order valence-electron chi connectivity index (χ3n) is 1.63. The molecule has 1 N–H and O–H groups in total. The number of hydrogen-bond acceptors (Lipinski definition) is 3. The molecule has 1 aromatic heterocycles. The van der Waals surface area contributed by atoms with Crippen molar-refractivity contribution in [3.63, 3.8) is 0 Å². The first kappa shape index (κ1) is 9.48. The highest BCUT2D eigenvalue weighted by molar-refractivity contribution is 9.10. The van der Waals surface area contributed by atoms with Gasteiger partial charge in [-0.3, -0.25) is 9.51 Å². The lowest BCUT2D eigenvalue weighted by Crippen LogP contribution is -1.94. The zero-order chi connectivity index (χ0) is 10.1. The van der Waals surface area contributed by atoms with Crippen LogP contribution in [-0.4, -0.2) is 10.1 Å². The molecule has 1 heterocycles. The Morgan fingerprint density at radius 1 is 1.50 bits per heavy atom. The molecule has 2 rings (SSSR count). The molecule has 14 heavy (non-hydrogen) atoms. The van der Waals surface area contributed by atoms with Crippen LogP contribution in [0.1, 0.15) is 0 Å². The normalized spacial score (nSPS) is 10.4. The van der Waals surface area contributed by atoms with Gasteiger partial charge in [0.1, 0.15) is 0 Å². The third kappa shape index (κ3) is 1.73. The van der Waals surface area contributed by atoms with E-state index in [1.54, 1.807) is 18.2 Å². The summed E-state index contributed by atoms with van der Waals surface area (Å²) < 4.78 is 5.13. The van der Waals surface area contributed by atoms with Crippen molar-refractivity contribution in [3.8, 4) is 11.4 Å². The number of aromatic amines is 1. The summed E-state index contributed by atoms with van der Waals surface area (Å²) in [5, 5.41) is 4.16. The van der Waals surface area contributed by atoms with Gasteiger partial charge in [-0.05, 0) is 34.1 Å². The van der Waals surface area contributed by atoms with Crippen molar-refractivity contribution in [2.75, 3.05) is 0 Å². The molecular weight excluding hydrogens is 271 g/mol. The third-order valence-corrected chi connectivity index (χ3v) is 2.52. The van der Waals surface area contributed by atoms with Gasteiger partial charge in [-0.15, -0.1) is 0 Å². The summed E-state index contributed by atoms with van der Waals surface area (Å²) in [7, 11) is 0. The van der Waals surface area contributed by atoms with Crippen LogP contribution >= 0.6 is 27.5 Å². The van der Waals surface area contributed by atoms with Crippen LogP contribution in [0.4, 0.5) is 0 Å². The molecule has 0 radical (unpaired) electrons. The number of benzene rings is 1. The molecule has 0 bridgehead atoms. The van der Waals surface area contributed by atoms with Gasteiger partial charge < -0.3 is 0 Å². The molecule has 0 aliphatic heterocycles. The van der Waals surface area contributed by atoms with Gasteiger partial charge in [-0.2, -0.15) is 0 Å².